The molecule has 1 fully saturated rings. The summed E-state index contributed by atoms with van der Waals surface area (Å²) in [6.45, 7) is 3.40. The first kappa shape index (κ1) is 16.6. The third-order valence-electron chi connectivity index (χ3n) is 5.39. The molecule has 0 bridgehead atoms. The van der Waals surface area contributed by atoms with Gasteiger partial charge in [-0.05, 0) is 42.5 Å². The summed E-state index contributed by atoms with van der Waals surface area (Å²) in [4.78, 5) is 21.2. The van der Waals surface area contributed by atoms with Crippen LogP contribution in [0.3, 0.4) is 0 Å². The molecule has 2 heterocycles. The fraction of sp³-hybridized carbons (Fsp3) is 0.400. The standard InChI is InChI=1S/C20H22ClN3O/c21-17-6-8-19(22-14-17)20(25)24-11-9-23(10-12-24)18-7-5-15-3-1-2-4-16(15)13-18/h1-4,6,8,14,18H,5,7,9-13H2/t18-/m0/s1. The average Bonchev–Trinajstić information content (AvgIpc) is 2.68. The van der Waals surface area contributed by atoms with Gasteiger partial charge in [0, 0.05) is 38.4 Å². The Labute approximate surface area is 153 Å². The van der Waals surface area contributed by atoms with Gasteiger partial charge in [0.2, 0.25) is 0 Å². The van der Waals surface area contributed by atoms with Crippen molar-refractivity contribution in [3.8, 4) is 0 Å². The van der Waals surface area contributed by atoms with Crippen LogP contribution in [0.15, 0.2) is 42.6 Å². The number of fused-ring (bicyclic) bond motifs is 1. The minimum Gasteiger partial charge on any atom is -0.335 e. The lowest BCUT2D eigenvalue weighted by molar-refractivity contribution is 0.0548. The number of hydrogen-bond donors (Lipinski definition) is 0. The zero-order valence-electron chi connectivity index (χ0n) is 14.2. The molecule has 1 atom stereocenters. The number of aryl methyl sites for hydroxylation is 1. The van der Waals surface area contributed by atoms with Crippen molar-refractivity contribution in [3.05, 3.63) is 64.4 Å². The van der Waals surface area contributed by atoms with Crippen molar-refractivity contribution >= 4 is 17.5 Å². The summed E-state index contributed by atoms with van der Waals surface area (Å²) in [6, 6.07) is 12.8. The highest BCUT2D eigenvalue weighted by molar-refractivity contribution is 6.30. The molecule has 0 radical (unpaired) electrons. The van der Waals surface area contributed by atoms with E-state index < -0.39 is 0 Å². The molecule has 0 spiro atoms. The van der Waals surface area contributed by atoms with Gasteiger partial charge < -0.3 is 4.90 Å². The Bertz CT molecular complexity index is 754. The van der Waals surface area contributed by atoms with E-state index in [1.807, 2.05) is 4.90 Å². The normalized spacial score (nSPS) is 21.0. The van der Waals surface area contributed by atoms with Crippen LogP contribution in [0.1, 0.15) is 28.0 Å². The Kier molecular flexibility index (Phi) is 4.73. The van der Waals surface area contributed by atoms with E-state index in [4.69, 9.17) is 11.6 Å². The van der Waals surface area contributed by atoms with Crippen LogP contribution >= 0.6 is 11.6 Å². The minimum atomic E-state index is 0.00491. The molecule has 25 heavy (non-hydrogen) atoms. The van der Waals surface area contributed by atoms with Crippen molar-refractivity contribution in [2.75, 3.05) is 26.2 Å². The molecule has 1 aliphatic carbocycles. The third-order valence-corrected chi connectivity index (χ3v) is 5.61. The molecule has 0 unspecified atom stereocenters. The molecule has 4 nitrogen and oxygen atoms in total. The van der Waals surface area contributed by atoms with Crippen LogP contribution in [-0.2, 0) is 12.8 Å². The maximum Gasteiger partial charge on any atom is 0.272 e. The first-order valence-corrected chi connectivity index (χ1v) is 9.30. The van der Waals surface area contributed by atoms with Crippen LogP contribution < -0.4 is 0 Å². The Morgan fingerprint density at radius 2 is 1.80 bits per heavy atom. The summed E-state index contributed by atoms with van der Waals surface area (Å²) in [5.74, 6) is 0.00491. The number of aromatic nitrogens is 1. The van der Waals surface area contributed by atoms with E-state index in [-0.39, 0.29) is 5.91 Å². The highest BCUT2D eigenvalue weighted by atomic mass is 35.5. The predicted molar refractivity (Wildman–Crippen MR) is 99.0 cm³/mol. The topological polar surface area (TPSA) is 36.4 Å². The number of pyridine rings is 1. The van der Waals surface area contributed by atoms with E-state index >= 15 is 0 Å². The van der Waals surface area contributed by atoms with Crippen LogP contribution in [0.5, 0.6) is 0 Å². The van der Waals surface area contributed by atoms with Gasteiger partial charge in [0.1, 0.15) is 5.69 Å². The molecule has 1 aromatic carbocycles. The first-order valence-electron chi connectivity index (χ1n) is 8.92. The molecule has 1 aliphatic heterocycles. The second kappa shape index (κ2) is 7.14. The van der Waals surface area contributed by atoms with Crippen molar-refractivity contribution in [3.63, 3.8) is 0 Å². The largest absolute Gasteiger partial charge is 0.335 e. The average molecular weight is 356 g/mol. The molecule has 2 aromatic rings. The van der Waals surface area contributed by atoms with E-state index in [9.17, 15) is 4.79 Å². The van der Waals surface area contributed by atoms with Crippen molar-refractivity contribution in [2.24, 2.45) is 0 Å². The van der Waals surface area contributed by atoms with Gasteiger partial charge in [-0.1, -0.05) is 35.9 Å². The lowest BCUT2D eigenvalue weighted by atomic mass is 9.87. The monoisotopic (exact) mass is 355 g/mol. The second-order valence-electron chi connectivity index (χ2n) is 6.86. The SMILES string of the molecule is O=C(c1ccc(Cl)cn1)N1CCN([C@H]2CCc3ccccc3C2)CC1. The summed E-state index contributed by atoms with van der Waals surface area (Å²) >= 11 is 5.85. The van der Waals surface area contributed by atoms with E-state index in [0.29, 0.717) is 16.8 Å². The quantitative estimate of drug-likeness (QED) is 0.830. The second-order valence-corrected chi connectivity index (χ2v) is 7.29. The van der Waals surface area contributed by atoms with Crippen molar-refractivity contribution < 1.29 is 4.79 Å². The number of hydrogen-bond acceptors (Lipinski definition) is 3. The van der Waals surface area contributed by atoms with E-state index in [1.54, 1.807) is 12.1 Å². The lowest BCUT2D eigenvalue weighted by Crippen LogP contribution is -2.53. The Morgan fingerprint density at radius 1 is 1.04 bits per heavy atom. The number of carbonyl (C=O) groups excluding carboxylic acids is 1. The number of nitrogens with zero attached hydrogens (tertiary/aromatic N) is 3. The fourth-order valence-corrected chi connectivity index (χ4v) is 4.06. The summed E-state index contributed by atoms with van der Waals surface area (Å²) in [7, 11) is 0. The fourth-order valence-electron chi connectivity index (χ4n) is 3.94. The molecule has 4 rings (SSSR count). The van der Waals surface area contributed by atoms with Crippen molar-refractivity contribution in [1.29, 1.82) is 0 Å². The van der Waals surface area contributed by atoms with Gasteiger partial charge in [-0.25, -0.2) is 4.98 Å². The Morgan fingerprint density at radius 3 is 2.52 bits per heavy atom. The summed E-state index contributed by atoms with van der Waals surface area (Å²) < 4.78 is 0. The molecule has 5 heteroatoms. The van der Waals surface area contributed by atoms with E-state index in [0.717, 1.165) is 39.0 Å². The van der Waals surface area contributed by atoms with Crippen LogP contribution in [0.2, 0.25) is 5.02 Å². The smallest absolute Gasteiger partial charge is 0.272 e. The molecule has 2 aliphatic rings. The molecular formula is C20H22ClN3O. The van der Waals surface area contributed by atoms with Gasteiger partial charge in [0.25, 0.3) is 5.91 Å². The maximum absolute atomic E-state index is 12.6. The highest BCUT2D eigenvalue weighted by Gasteiger charge is 2.29. The summed E-state index contributed by atoms with van der Waals surface area (Å²) in [6.07, 6.45) is 5.03. The number of carbonyl (C=O) groups is 1. The molecular weight excluding hydrogens is 334 g/mol. The summed E-state index contributed by atoms with van der Waals surface area (Å²) in [5.41, 5.74) is 3.47. The third kappa shape index (κ3) is 3.55. The van der Waals surface area contributed by atoms with Gasteiger partial charge in [-0.3, -0.25) is 9.69 Å². The molecule has 1 amide bonds. The molecule has 130 valence electrons. The summed E-state index contributed by atoms with van der Waals surface area (Å²) in [5, 5.41) is 0.555. The highest BCUT2D eigenvalue weighted by Crippen LogP contribution is 2.25. The van der Waals surface area contributed by atoms with Crippen LogP contribution in [0, 0.1) is 0 Å². The van der Waals surface area contributed by atoms with Crippen molar-refractivity contribution in [1.82, 2.24) is 14.8 Å². The van der Waals surface area contributed by atoms with E-state index in [2.05, 4.69) is 34.1 Å². The van der Waals surface area contributed by atoms with Gasteiger partial charge in [-0.15, -0.1) is 0 Å². The first-order chi connectivity index (χ1) is 12.2. The van der Waals surface area contributed by atoms with E-state index in [1.165, 1.54) is 23.7 Å². The molecule has 1 saturated heterocycles. The number of halogens is 1. The Balaban J connectivity index is 1.36. The van der Waals surface area contributed by atoms with Crippen LogP contribution in [0.25, 0.3) is 0 Å². The Hall–Kier alpha value is -1.91. The minimum absolute atomic E-state index is 0.00491. The predicted octanol–water partition coefficient (Wildman–Crippen LogP) is 3.05. The van der Waals surface area contributed by atoms with Crippen molar-refractivity contribution in [2.45, 2.75) is 25.3 Å². The lowest BCUT2D eigenvalue weighted by Gasteiger charge is -2.41. The molecule has 0 saturated carbocycles. The van der Waals surface area contributed by atoms with Gasteiger partial charge in [-0.2, -0.15) is 0 Å². The zero-order valence-corrected chi connectivity index (χ0v) is 15.0. The van der Waals surface area contributed by atoms with Gasteiger partial charge >= 0.3 is 0 Å². The molecule has 1 aromatic heterocycles. The maximum atomic E-state index is 12.6. The van der Waals surface area contributed by atoms with Crippen LogP contribution in [0.4, 0.5) is 0 Å². The van der Waals surface area contributed by atoms with Gasteiger partial charge in [0.05, 0.1) is 5.02 Å². The van der Waals surface area contributed by atoms with Gasteiger partial charge in [0.15, 0.2) is 0 Å². The van der Waals surface area contributed by atoms with Crippen LogP contribution in [-0.4, -0.2) is 52.9 Å². The number of rotatable bonds is 2. The number of piperazine rings is 1. The zero-order chi connectivity index (χ0) is 17.2. The molecule has 0 N–H and O–H groups in total. The number of benzene rings is 1. The number of amides is 1.